The number of nitrogens with zero attached hydrogens (tertiary/aromatic N) is 3. The number of aromatic nitrogens is 2. The van der Waals surface area contributed by atoms with Gasteiger partial charge in [-0.2, -0.15) is 5.10 Å². The summed E-state index contributed by atoms with van der Waals surface area (Å²) in [5.41, 5.74) is 4.58. The first-order chi connectivity index (χ1) is 13.9. The first-order valence-electron chi connectivity index (χ1n) is 9.77. The van der Waals surface area contributed by atoms with Crippen LogP contribution in [0.2, 0.25) is 0 Å². The minimum Gasteiger partial charge on any atom is -0.339 e. The average molecular weight is 390 g/mol. The molecule has 0 unspecified atom stereocenters. The molecule has 1 aromatic heterocycles. The van der Waals surface area contributed by atoms with Gasteiger partial charge >= 0.3 is 0 Å². The van der Waals surface area contributed by atoms with Gasteiger partial charge in [0.1, 0.15) is 0 Å². The van der Waals surface area contributed by atoms with Gasteiger partial charge in [0.05, 0.1) is 11.4 Å². The van der Waals surface area contributed by atoms with E-state index in [1.165, 1.54) is 0 Å². The van der Waals surface area contributed by atoms with Gasteiger partial charge in [0.15, 0.2) is 0 Å². The highest BCUT2D eigenvalue weighted by Crippen LogP contribution is 2.16. The first kappa shape index (κ1) is 20.3. The van der Waals surface area contributed by atoms with Crippen LogP contribution < -0.4 is 5.32 Å². The van der Waals surface area contributed by atoms with Crippen molar-refractivity contribution in [1.29, 1.82) is 0 Å². The summed E-state index contributed by atoms with van der Waals surface area (Å²) in [7, 11) is 0. The highest BCUT2D eigenvalue weighted by Gasteiger charge is 2.14. The number of aryl methyl sites for hydroxylation is 2. The van der Waals surface area contributed by atoms with E-state index in [0.717, 1.165) is 17.1 Å². The molecule has 0 saturated heterocycles. The molecule has 3 rings (SSSR count). The summed E-state index contributed by atoms with van der Waals surface area (Å²) in [4.78, 5) is 26.9. The minimum atomic E-state index is -0.225. The summed E-state index contributed by atoms with van der Waals surface area (Å²) in [5.74, 6) is -0.266. The Morgan fingerprint density at radius 3 is 2.24 bits per heavy atom. The van der Waals surface area contributed by atoms with Crippen LogP contribution in [0.5, 0.6) is 0 Å². The maximum absolute atomic E-state index is 12.6. The van der Waals surface area contributed by atoms with Crippen LogP contribution >= 0.6 is 0 Å². The molecule has 6 nitrogen and oxygen atoms in total. The van der Waals surface area contributed by atoms with Gasteiger partial charge in [-0.15, -0.1) is 0 Å². The standard InChI is InChI=1S/C23H26N4O2/c1-5-26(6-2)23(29)19-8-7-9-20(15-19)24-22(28)18-10-12-21(13-11-18)27-17(4)14-16(3)25-27/h7-15H,5-6H2,1-4H3,(H,24,28). The molecule has 3 aromatic rings. The van der Waals surface area contributed by atoms with Crippen LogP contribution in [0.25, 0.3) is 5.69 Å². The molecule has 0 bridgehead atoms. The monoisotopic (exact) mass is 390 g/mol. The van der Waals surface area contributed by atoms with E-state index in [2.05, 4.69) is 10.4 Å². The van der Waals surface area contributed by atoms with E-state index >= 15 is 0 Å². The molecular formula is C23H26N4O2. The van der Waals surface area contributed by atoms with E-state index in [4.69, 9.17) is 0 Å². The minimum absolute atomic E-state index is 0.0414. The van der Waals surface area contributed by atoms with Crippen molar-refractivity contribution in [2.45, 2.75) is 27.7 Å². The molecule has 0 saturated carbocycles. The van der Waals surface area contributed by atoms with Crippen molar-refractivity contribution >= 4 is 17.5 Å². The topological polar surface area (TPSA) is 67.2 Å². The molecule has 0 aliphatic carbocycles. The molecule has 2 amide bonds. The number of carbonyl (C=O) groups excluding carboxylic acids is 2. The van der Waals surface area contributed by atoms with Crippen LogP contribution in [0.4, 0.5) is 5.69 Å². The predicted octanol–water partition coefficient (Wildman–Crippen LogP) is 4.22. The quantitative estimate of drug-likeness (QED) is 0.685. The Labute approximate surface area is 171 Å². The zero-order valence-electron chi connectivity index (χ0n) is 17.3. The summed E-state index contributed by atoms with van der Waals surface area (Å²) < 4.78 is 1.85. The fourth-order valence-corrected chi connectivity index (χ4v) is 3.27. The van der Waals surface area contributed by atoms with Gasteiger partial charge in [-0.1, -0.05) is 6.07 Å². The zero-order chi connectivity index (χ0) is 21.0. The Morgan fingerprint density at radius 2 is 1.66 bits per heavy atom. The van der Waals surface area contributed by atoms with Crippen LogP contribution in [0.3, 0.4) is 0 Å². The molecule has 150 valence electrons. The molecule has 0 aliphatic heterocycles. The molecule has 1 N–H and O–H groups in total. The highest BCUT2D eigenvalue weighted by atomic mass is 16.2. The smallest absolute Gasteiger partial charge is 0.255 e. The van der Waals surface area contributed by atoms with E-state index in [0.29, 0.717) is 29.9 Å². The lowest BCUT2D eigenvalue weighted by Crippen LogP contribution is -2.30. The van der Waals surface area contributed by atoms with Crippen LogP contribution in [0.1, 0.15) is 46.0 Å². The molecule has 1 heterocycles. The van der Waals surface area contributed by atoms with Crippen molar-refractivity contribution in [3.8, 4) is 5.69 Å². The molecule has 0 atom stereocenters. The summed E-state index contributed by atoms with van der Waals surface area (Å²) in [6.07, 6.45) is 0. The highest BCUT2D eigenvalue weighted by molar-refractivity contribution is 6.05. The lowest BCUT2D eigenvalue weighted by atomic mass is 10.1. The lowest BCUT2D eigenvalue weighted by Gasteiger charge is -2.19. The van der Waals surface area contributed by atoms with E-state index in [1.54, 1.807) is 41.3 Å². The second-order valence-electron chi connectivity index (χ2n) is 6.90. The van der Waals surface area contributed by atoms with Crippen molar-refractivity contribution in [1.82, 2.24) is 14.7 Å². The number of anilines is 1. The van der Waals surface area contributed by atoms with E-state index in [9.17, 15) is 9.59 Å². The SMILES string of the molecule is CCN(CC)C(=O)c1cccc(NC(=O)c2ccc(-n3nc(C)cc3C)cc2)c1. The van der Waals surface area contributed by atoms with E-state index in [-0.39, 0.29) is 11.8 Å². The fraction of sp³-hybridized carbons (Fsp3) is 0.261. The van der Waals surface area contributed by atoms with Crippen LogP contribution in [-0.2, 0) is 0 Å². The van der Waals surface area contributed by atoms with Crippen molar-refractivity contribution in [2.24, 2.45) is 0 Å². The third kappa shape index (κ3) is 4.54. The van der Waals surface area contributed by atoms with Crippen molar-refractivity contribution in [3.63, 3.8) is 0 Å². The van der Waals surface area contributed by atoms with Crippen LogP contribution in [-0.4, -0.2) is 39.6 Å². The van der Waals surface area contributed by atoms with Gasteiger partial charge in [0.25, 0.3) is 11.8 Å². The molecule has 2 aromatic carbocycles. The van der Waals surface area contributed by atoms with Gasteiger partial charge in [-0.3, -0.25) is 9.59 Å². The second kappa shape index (κ2) is 8.73. The first-order valence-corrected chi connectivity index (χ1v) is 9.77. The van der Waals surface area contributed by atoms with Gasteiger partial charge in [-0.25, -0.2) is 4.68 Å². The molecule has 0 fully saturated rings. The third-order valence-corrected chi connectivity index (χ3v) is 4.80. The molecule has 0 radical (unpaired) electrons. The Hall–Kier alpha value is -3.41. The summed E-state index contributed by atoms with van der Waals surface area (Å²) in [6, 6.07) is 16.3. The molecule has 29 heavy (non-hydrogen) atoms. The summed E-state index contributed by atoms with van der Waals surface area (Å²) in [5, 5.41) is 7.33. The summed E-state index contributed by atoms with van der Waals surface area (Å²) >= 11 is 0. The zero-order valence-corrected chi connectivity index (χ0v) is 17.3. The number of carbonyl (C=O) groups is 2. The largest absolute Gasteiger partial charge is 0.339 e. The van der Waals surface area contributed by atoms with Crippen LogP contribution in [0.15, 0.2) is 54.6 Å². The van der Waals surface area contributed by atoms with Gasteiger partial charge < -0.3 is 10.2 Å². The lowest BCUT2D eigenvalue weighted by molar-refractivity contribution is 0.0772. The normalized spacial score (nSPS) is 10.6. The second-order valence-corrected chi connectivity index (χ2v) is 6.90. The van der Waals surface area contributed by atoms with E-state index in [1.807, 2.05) is 50.6 Å². The molecule has 0 aliphatic rings. The van der Waals surface area contributed by atoms with Crippen molar-refractivity contribution < 1.29 is 9.59 Å². The fourth-order valence-electron chi connectivity index (χ4n) is 3.27. The van der Waals surface area contributed by atoms with Gasteiger partial charge in [0.2, 0.25) is 0 Å². The maximum atomic E-state index is 12.6. The van der Waals surface area contributed by atoms with Crippen molar-refractivity contribution in [2.75, 3.05) is 18.4 Å². The van der Waals surface area contributed by atoms with Crippen molar-refractivity contribution in [3.05, 3.63) is 77.1 Å². The van der Waals surface area contributed by atoms with Gasteiger partial charge in [-0.05, 0) is 76.2 Å². The Bertz CT molecular complexity index is 1020. The Balaban J connectivity index is 1.74. The summed E-state index contributed by atoms with van der Waals surface area (Å²) in [6.45, 7) is 9.13. The number of hydrogen-bond acceptors (Lipinski definition) is 3. The number of hydrogen-bond donors (Lipinski definition) is 1. The molecule has 0 spiro atoms. The molecular weight excluding hydrogens is 364 g/mol. The number of rotatable bonds is 6. The van der Waals surface area contributed by atoms with Crippen LogP contribution in [0, 0.1) is 13.8 Å². The number of nitrogens with one attached hydrogen (secondary N) is 1. The number of benzene rings is 2. The maximum Gasteiger partial charge on any atom is 0.255 e. The van der Waals surface area contributed by atoms with Gasteiger partial charge in [0, 0.05) is 35.6 Å². The van der Waals surface area contributed by atoms with E-state index < -0.39 is 0 Å². The average Bonchev–Trinajstić information content (AvgIpc) is 3.07. The molecule has 6 heteroatoms. The third-order valence-electron chi connectivity index (χ3n) is 4.80. The number of amides is 2. The Kier molecular flexibility index (Phi) is 6.12. The predicted molar refractivity (Wildman–Crippen MR) is 115 cm³/mol. The Morgan fingerprint density at radius 1 is 0.966 bits per heavy atom.